The fourth-order valence-corrected chi connectivity index (χ4v) is 3.64. The average Bonchev–Trinajstić information content (AvgIpc) is 2.77. The Morgan fingerprint density at radius 1 is 1.14 bits per heavy atom. The molecule has 3 rings (SSSR count). The molecule has 1 amide bonds. The first-order chi connectivity index (χ1) is 13.7. The Bertz CT molecular complexity index is 780. The van der Waals surface area contributed by atoms with Crippen molar-refractivity contribution in [2.45, 2.75) is 25.0 Å². The Hall–Kier alpha value is -2.57. The van der Waals surface area contributed by atoms with Gasteiger partial charge in [-0.15, -0.1) is 0 Å². The van der Waals surface area contributed by atoms with Gasteiger partial charge in [0.15, 0.2) is 11.5 Å². The number of hydrogen-bond acceptors (Lipinski definition) is 5. The summed E-state index contributed by atoms with van der Waals surface area (Å²) in [6.45, 7) is 0.816. The van der Waals surface area contributed by atoms with Gasteiger partial charge in [-0.1, -0.05) is 36.4 Å². The second-order valence-electron chi connectivity index (χ2n) is 6.72. The van der Waals surface area contributed by atoms with Crippen LogP contribution in [0, 0.1) is 0 Å². The zero-order valence-electron chi connectivity index (χ0n) is 16.3. The lowest BCUT2D eigenvalue weighted by atomic mass is 9.97. The number of aryl methyl sites for hydroxylation is 1. The van der Waals surface area contributed by atoms with Crippen LogP contribution in [0.3, 0.4) is 0 Å². The van der Waals surface area contributed by atoms with E-state index in [-0.39, 0.29) is 18.6 Å². The van der Waals surface area contributed by atoms with Crippen molar-refractivity contribution >= 4 is 5.91 Å². The maximum Gasteiger partial charge on any atom is 0.223 e. The van der Waals surface area contributed by atoms with Gasteiger partial charge in [-0.25, -0.2) is 0 Å². The van der Waals surface area contributed by atoms with Gasteiger partial charge >= 0.3 is 0 Å². The van der Waals surface area contributed by atoms with Crippen LogP contribution < -0.4 is 9.47 Å². The molecule has 1 N–H and O–H groups in total. The summed E-state index contributed by atoms with van der Waals surface area (Å²) in [5.74, 6) is 1.37. The minimum absolute atomic E-state index is 0.0467. The summed E-state index contributed by atoms with van der Waals surface area (Å²) in [4.78, 5) is 14.9. The maximum atomic E-state index is 13.0. The number of rotatable bonds is 7. The maximum absolute atomic E-state index is 13.0. The van der Waals surface area contributed by atoms with Gasteiger partial charge in [0.2, 0.25) is 5.91 Å². The largest absolute Gasteiger partial charge is 0.493 e. The minimum atomic E-state index is -0.416. The first-order valence-electron chi connectivity index (χ1n) is 9.45. The number of amides is 1. The first-order valence-corrected chi connectivity index (χ1v) is 9.45. The molecule has 1 heterocycles. The molecule has 6 heteroatoms. The Labute approximate surface area is 165 Å². The van der Waals surface area contributed by atoms with Crippen LogP contribution in [-0.4, -0.2) is 56.0 Å². The summed E-state index contributed by atoms with van der Waals surface area (Å²) in [6.07, 6.45) is 0.555. The Kier molecular flexibility index (Phi) is 6.90. The Morgan fingerprint density at radius 3 is 2.57 bits per heavy atom. The van der Waals surface area contributed by atoms with Crippen molar-refractivity contribution in [3.8, 4) is 11.5 Å². The Morgan fingerprint density at radius 2 is 1.89 bits per heavy atom. The molecule has 2 aromatic carbocycles. The topological polar surface area (TPSA) is 68.2 Å². The van der Waals surface area contributed by atoms with Crippen LogP contribution in [0.5, 0.6) is 11.5 Å². The fraction of sp³-hybridized carbons (Fsp3) is 0.409. The van der Waals surface area contributed by atoms with Crippen molar-refractivity contribution in [3.63, 3.8) is 0 Å². The first kappa shape index (κ1) is 20.2. The summed E-state index contributed by atoms with van der Waals surface area (Å²) >= 11 is 0. The highest BCUT2D eigenvalue weighted by Gasteiger charge is 2.35. The molecule has 2 aromatic rings. The molecular formula is C22H27NO5. The van der Waals surface area contributed by atoms with Gasteiger partial charge in [0.05, 0.1) is 33.5 Å². The van der Waals surface area contributed by atoms with Crippen LogP contribution in [0.2, 0.25) is 0 Å². The molecule has 1 saturated heterocycles. The number of hydrogen-bond donors (Lipinski definition) is 1. The molecule has 150 valence electrons. The van der Waals surface area contributed by atoms with E-state index in [4.69, 9.17) is 14.2 Å². The molecule has 0 radical (unpaired) electrons. The summed E-state index contributed by atoms with van der Waals surface area (Å²) in [7, 11) is 3.20. The van der Waals surface area contributed by atoms with Crippen LogP contribution in [-0.2, 0) is 16.0 Å². The van der Waals surface area contributed by atoms with E-state index < -0.39 is 6.10 Å². The number of nitrogens with zero attached hydrogens (tertiary/aromatic N) is 1. The van der Waals surface area contributed by atoms with Crippen LogP contribution in [0.4, 0.5) is 0 Å². The average molecular weight is 385 g/mol. The van der Waals surface area contributed by atoms with Gasteiger partial charge < -0.3 is 24.2 Å². The van der Waals surface area contributed by atoms with E-state index in [1.807, 2.05) is 53.4 Å². The van der Waals surface area contributed by atoms with Gasteiger partial charge in [-0.3, -0.25) is 4.79 Å². The number of aliphatic hydroxyl groups excluding tert-OH is 1. The standard InChI is InChI=1S/C22H27NO5/c1-26-18-10-8-16(14-19(18)27-2)9-11-21(25)23-12-13-28-20(15-24)22(23)17-6-4-3-5-7-17/h3-8,10,14,20,22,24H,9,11-13,15H2,1-2H3. The number of carbonyl (C=O) groups excluding carboxylic acids is 1. The molecule has 0 spiro atoms. The second kappa shape index (κ2) is 9.57. The van der Waals surface area contributed by atoms with Crippen molar-refractivity contribution in [2.24, 2.45) is 0 Å². The van der Waals surface area contributed by atoms with E-state index in [1.165, 1.54) is 0 Å². The number of morpholine rings is 1. The fourth-order valence-electron chi connectivity index (χ4n) is 3.64. The van der Waals surface area contributed by atoms with E-state index in [2.05, 4.69) is 0 Å². The van der Waals surface area contributed by atoms with Crippen LogP contribution in [0.15, 0.2) is 48.5 Å². The smallest absolute Gasteiger partial charge is 0.223 e. The predicted molar refractivity (Wildman–Crippen MR) is 106 cm³/mol. The molecule has 28 heavy (non-hydrogen) atoms. The number of carbonyl (C=O) groups is 1. The van der Waals surface area contributed by atoms with Crippen LogP contribution in [0.1, 0.15) is 23.6 Å². The molecule has 0 aromatic heterocycles. The summed E-state index contributed by atoms with van der Waals surface area (Å²) in [6, 6.07) is 15.2. The number of benzene rings is 2. The van der Waals surface area contributed by atoms with E-state index in [0.29, 0.717) is 37.5 Å². The van der Waals surface area contributed by atoms with Crippen molar-refractivity contribution in [2.75, 3.05) is 34.0 Å². The quantitative estimate of drug-likeness (QED) is 0.794. The summed E-state index contributed by atoms with van der Waals surface area (Å²) < 4.78 is 16.3. The van der Waals surface area contributed by atoms with E-state index in [0.717, 1.165) is 11.1 Å². The molecule has 0 saturated carbocycles. The third kappa shape index (κ3) is 4.46. The molecule has 0 aliphatic carbocycles. The highest BCUT2D eigenvalue weighted by Crippen LogP contribution is 2.31. The number of methoxy groups -OCH3 is 2. The zero-order valence-corrected chi connectivity index (χ0v) is 16.3. The van der Waals surface area contributed by atoms with Crippen molar-refractivity contribution in [1.29, 1.82) is 0 Å². The van der Waals surface area contributed by atoms with Gasteiger partial charge in [0.1, 0.15) is 6.10 Å². The molecule has 2 unspecified atom stereocenters. The normalized spacial score (nSPS) is 19.3. The van der Waals surface area contributed by atoms with E-state index in [1.54, 1.807) is 14.2 Å². The number of aliphatic hydroxyl groups is 1. The van der Waals surface area contributed by atoms with Gasteiger partial charge in [-0.2, -0.15) is 0 Å². The third-order valence-electron chi connectivity index (χ3n) is 5.07. The lowest BCUT2D eigenvalue weighted by Crippen LogP contribution is -2.49. The Balaban J connectivity index is 1.73. The van der Waals surface area contributed by atoms with Crippen molar-refractivity contribution < 1.29 is 24.1 Å². The lowest BCUT2D eigenvalue weighted by molar-refractivity contribution is -0.149. The van der Waals surface area contributed by atoms with Gasteiger partial charge in [0.25, 0.3) is 0 Å². The summed E-state index contributed by atoms with van der Waals surface area (Å²) in [5, 5.41) is 9.75. The molecule has 1 aliphatic rings. The molecule has 1 aliphatic heterocycles. The predicted octanol–water partition coefficient (Wildman–Crippen LogP) is 2.60. The van der Waals surface area contributed by atoms with Gasteiger partial charge in [-0.05, 0) is 29.7 Å². The second-order valence-corrected chi connectivity index (χ2v) is 6.72. The minimum Gasteiger partial charge on any atom is -0.493 e. The van der Waals surface area contributed by atoms with E-state index >= 15 is 0 Å². The van der Waals surface area contributed by atoms with Gasteiger partial charge in [0, 0.05) is 13.0 Å². The van der Waals surface area contributed by atoms with Crippen LogP contribution in [0.25, 0.3) is 0 Å². The summed E-state index contributed by atoms with van der Waals surface area (Å²) in [5.41, 5.74) is 1.98. The number of ether oxygens (including phenoxy) is 3. The highest BCUT2D eigenvalue weighted by atomic mass is 16.5. The van der Waals surface area contributed by atoms with E-state index in [9.17, 15) is 9.90 Å². The highest BCUT2D eigenvalue weighted by molar-refractivity contribution is 5.77. The van der Waals surface area contributed by atoms with Crippen molar-refractivity contribution in [1.82, 2.24) is 4.90 Å². The van der Waals surface area contributed by atoms with Crippen LogP contribution >= 0.6 is 0 Å². The SMILES string of the molecule is COc1ccc(CCC(=O)N2CCOC(CO)C2c2ccccc2)cc1OC. The monoisotopic (exact) mass is 385 g/mol. The zero-order chi connectivity index (χ0) is 19.9. The van der Waals surface area contributed by atoms with Crippen molar-refractivity contribution in [3.05, 3.63) is 59.7 Å². The molecule has 1 fully saturated rings. The molecule has 0 bridgehead atoms. The molecular weight excluding hydrogens is 358 g/mol. The third-order valence-corrected chi connectivity index (χ3v) is 5.07. The molecule has 2 atom stereocenters. The lowest BCUT2D eigenvalue weighted by Gasteiger charge is -2.41. The molecule has 6 nitrogen and oxygen atoms in total.